The molecule has 144 valence electrons. The van der Waals surface area contributed by atoms with Crippen LogP contribution in [0.5, 0.6) is 0 Å². The van der Waals surface area contributed by atoms with Gasteiger partial charge < -0.3 is 9.40 Å². The molecule has 7 heteroatoms. The molecule has 4 rings (SSSR count). The van der Waals surface area contributed by atoms with Gasteiger partial charge in [0.25, 0.3) is 0 Å². The molecular weight excluding hydrogens is 364 g/mol. The summed E-state index contributed by atoms with van der Waals surface area (Å²) in [7, 11) is 0. The van der Waals surface area contributed by atoms with Gasteiger partial charge in [-0.05, 0) is 37.9 Å². The lowest BCUT2D eigenvalue weighted by atomic mass is 10.0. The highest BCUT2D eigenvalue weighted by atomic mass is 35.5. The van der Waals surface area contributed by atoms with Crippen LogP contribution in [0.2, 0.25) is 5.15 Å². The van der Waals surface area contributed by atoms with Crippen molar-refractivity contribution in [1.29, 1.82) is 0 Å². The Morgan fingerprint density at radius 3 is 3.07 bits per heavy atom. The van der Waals surface area contributed by atoms with Crippen molar-refractivity contribution in [3.05, 3.63) is 51.5 Å². The monoisotopic (exact) mass is 388 g/mol. The van der Waals surface area contributed by atoms with Crippen molar-refractivity contribution in [2.45, 2.75) is 51.6 Å². The van der Waals surface area contributed by atoms with E-state index in [2.05, 4.69) is 21.8 Å². The number of imidazole rings is 1. The van der Waals surface area contributed by atoms with Crippen molar-refractivity contribution in [2.24, 2.45) is 0 Å². The van der Waals surface area contributed by atoms with Crippen LogP contribution >= 0.6 is 11.6 Å². The van der Waals surface area contributed by atoms with E-state index in [0.29, 0.717) is 10.7 Å². The first-order valence-corrected chi connectivity index (χ1v) is 10.1. The van der Waals surface area contributed by atoms with Gasteiger partial charge in [0.2, 0.25) is 0 Å². The van der Waals surface area contributed by atoms with E-state index in [1.165, 1.54) is 0 Å². The lowest BCUT2D eigenvalue weighted by Crippen LogP contribution is -2.38. The lowest BCUT2D eigenvalue weighted by molar-refractivity contribution is 0.166. The Morgan fingerprint density at radius 2 is 2.22 bits per heavy atom. The van der Waals surface area contributed by atoms with Crippen molar-refractivity contribution in [3.63, 3.8) is 0 Å². The van der Waals surface area contributed by atoms with E-state index in [0.717, 1.165) is 68.8 Å². The van der Waals surface area contributed by atoms with Gasteiger partial charge in [0.15, 0.2) is 10.7 Å². The number of benzene rings is 1. The SMILES string of the molecule is CCCCc1nc(Cl)c(CN2CCC[C@@H](n3c(=O)oc4ccccc43)C2)[nH]1. The number of aryl methyl sites for hydroxylation is 1. The number of rotatable bonds is 6. The third-order valence-electron chi connectivity index (χ3n) is 5.29. The first kappa shape index (κ1) is 18.3. The summed E-state index contributed by atoms with van der Waals surface area (Å²) in [6, 6.07) is 7.73. The number of likely N-dealkylation sites (tertiary alicyclic amines) is 1. The molecule has 0 spiro atoms. The van der Waals surface area contributed by atoms with Gasteiger partial charge in [0, 0.05) is 19.5 Å². The zero-order valence-electron chi connectivity index (χ0n) is 15.6. The van der Waals surface area contributed by atoms with Crippen molar-refractivity contribution in [1.82, 2.24) is 19.4 Å². The van der Waals surface area contributed by atoms with Crippen molar-refractivity contribution >= 4 is 22.7 Å². The van der Waals surface area contributed by atoms with Crippen LogP contribution in [0.1, 0.15) is 50.2 Å². The van der Waals surface area contributed by atoms with Crippen molar-refractivity contribution in [2.75, 3.05) is 13.1 Å². The molecule has 0 amide bonds. The third kappa shape index (κ3) is 3.82. The molecule has 1 aromatic carbocycles. The summed E-state index contributed by atoms with van der Waals surface area (Å²) in [5.41, 5.74) is 2.49. The van der Waals surface area contributed by atoms with E-state index < -0.39 is 0 Å². The molecule has 0 bridgehead atoms. The molecule has 0 aliphatic carbocycles. The van der Waals surface area contributed by atoms with E-state index in [1.54, 1.807) is 0 Å². The van der Waals surface area contributed by atoms with Crippen LogP contribution in [0, 0.1) is 0 Å². The number of H-pyrrole nitrogens is 1. The van der Waals surface area contributed by atoms with E-state index >= 15 is 0 Å². The number of nitrogens with one attached hydrogen (secondary N) is 1. The van der Waals surface area contributed by atoms with Crippen molar-refractivity contribution in [3.8, 4) is 0 Å². The fourth-order valence-corrected chi connectivity index (χ4v) is 4.16. The predicted molar refractivity (Wildman–Crippen MR) is 106 cm³/mol. The molecule has 0 unspecified atom stereocenters. The summed E-state index contributed by atoms with van der Waals surface area (Å²) < 4.78 is 7.23. The van der Waals surface area contributed by atoms with Crippen LogP contribution in [-0.2, 0) is 13.0 Å². The molecule has 1 atom stereocenters. The number of hydrogen-bond donors (Lipinski definition) is 1. The zero-order valence-corrected chi connectivity index (χ0v) is 16.3. The van der Waals surface area contributed by atoms with Crippen LogP contribution in [-0.4, -0.2) is 32.5 Å². The quantitative estimate of drug-likeness (QED) is 0.688. The van der Waals surface area contributed by atoms with Gasteiger partial charge in [0.1, 0.15) is 5.82 Å². The Bertz CT molecular complexity index is 974. The van der Waals surface area contributed by atoms with E-state index in [1.807, 2.05) is 28.8 Å². The molecule has 3 aromatic rings. The Kier molecular flexibility index (Phi) is 5.36. The number of hydrogen-bond acceptors (Lipinski definition) is 4. The Hall–Kier alpha value is -2.05. The van der Waals surface area contributed by atoms with E-state index in [9.17, 15) is 4.79 Å². The highest BCUT2D eigenvalue weighted by molar-refractivity contribution is 6.30. The number of aromatic amines is 1. The van der Waals surface area contributed by atoms with Crippen LogP contribution in [0.15, 0.2) is 33.5 Å². The van der Waals surface area contributed by atoms with Gasteiger partial charge in [-0.25, -0.2) is 9.78 Å². The summed E-state index contributed by atoms with van der Waals surface area (Å²) in [5, 5.41) is 0.564. The zero-order chi connectivity index (χ0) is 18.8. The molecular formula is C20H25ClN4O2. The highest BCUT2D eigenvalue weighted by Gasteiger charge is 2.26. The number of para-hydroxylation sites is 2. The van der Waals surface area contributed by atoms with Crippen LogP contribution < -0.4 is 5.76 Å². The summed E-state index contributed by atoms with van der Waals surface area (Å²) in [6.07, 6.45) is 5.17. The van der Waals surface area contributed by atoms with Gasteiger partial charge in [-0.1, -0.05) is 37.1 Å². The summed E-state index contributed by atoms with van der Waals surface area (Å²) >= 11 is 6.34. The van der Waals surface area contributed by atoms with E-state index in [4.69, 9.17) is 16.0 Å². The van der Waals surface area contributed by atoms with Gasteiger partial charge in [-0.15, -0.1) is 0 Å². The second-order valence-electron chi connectivity index (χ2n) is 7.29. The fraction of sp³-hybridized carbons (Fsp3) is 0.500. The Balaban J connectivity index is 1.51. The molecule has 27 heavy (non-hydrogen) atoms. The first-order valence-electron chi connectivity index (χ1n) is 9.71. The fourth-order valence-electron chi connectivity index (χ4n) is 3.95. The van der Waals surface area contributed by atoms with Crippen LogP contribution in [0.3, 0.4) is 0 Å². The molecule has 6 nitrogen and oxygen atoms in total. The average molecular weight is 389 g/mol. The minimum atomic E-state index is -0.274. The lowest BCUT2D eigenvalue weighted by Gasteiger charge is -2.32. The maximum absolute atomic E-state index is 12.4. The average Bonchev–Trinajstić information content (AvgIpc) is 3.19. The van der Waals surface area contributed by atoms with Crippen LogP contribution in [0.4, 0.5) is 0 Å². The number of aromatic nitrogens is 3. The number of nitrogens with zero attached hydrogens (tertiary/aromatic N) is 3. The molecule has 2 aromatic heterocycles. The molecule has 3 heterocycles. The van der Waals surface area contributed by atoms with Crippen molar-refractivity contribution < 1.29 is 4.42 Å². The minimum Gasteiger partial charge on any atom is -0.408 e. The van der Waals surface area contributed by atoms with E-state index in [-0.39, 0.29) is 11.8 Å². The number of fused-ring (bicyclic) bond motifs is 1. The number of piperidine rings is 1. The maximum Gasteiger partial charge on any atom is 0.420 e. The molecule has 1 aliphatic heterocycles. The maximum atomic E-state index is 12.4. The predicted octanol–water partition coefficient (Wildman–Crippen LogP) is 4.15. The second-order valence-corrected chi connectivity index (χ2v) is 7.65. The molecule has 1 saturated heterocycles. The normalized spacial score (nSPS) is 18.4. The summed E-state index contributed by atoms with van der Waals surface area (Å²) in [5.74, 6) is 0.687. The first-order chi connectivity index (χ1) is 13.2. The van der Waals surface area contributed by atoms with Gasteiger partial charge in [-0.3, -0.25) is 9.47 Å². The molecule has 1 aliphatic rings. The smallest absolute Gasteiger partial charge is 0.408 e. The number of halogens is 1. The van der Waals surface area contributed by atoms with Gasteiger partial charge in [-0.2, -0.15) is 0 Å². The highest BCUT2D eigenvalue weighted by Crippen LogP contribution is 2.26. The topological polar surface area (TPSA) is 67.1 Å². The summed E-state index contributed by atoms with van der Waals surface area (Å²) in [6.45, 7) is 4.67. The molecule has 0 radical (unpaired) electrons. The van der Waals surface area contributed by atoms with Crippen LogP contribution in [0.25, 0.3) is 11.1 Å². The minimum absolute atomic E-state index is 0.108. The Labute approximate surface area is 163 Å². The molecule has 0 saturated carbocycles. The van der Waals surface area contributed by atoms with Gasteiger partial charge >= 0.3 is 5.76 Å². The Morgan fingerprint density at radius 1 is 1.37 bits per heavy atom. The summed E-state index contributed by atoms with van der Waals surface area (Å²) in [4.78, 5) is 22.6. The largest absolute Gasteiger partial charge is 0.420 e. The van der Waals surface area contributed by atoms with Gasteiger partial charge in [0.05, 0.1) is 17.3 Å². The third-order valence-corrected chi connectivity index (χ3v) is 5.60. The number of unbranched alkanes of at least 4 members (excludes halogenated alkanes) is 1. The number of oxazole rings is 1. The second kappa shape index (κ2) is 7.90. The molecule has 1 N–H and O–H groups in total. The standard InChI is InChI=1S/C20H25ClN4O2/c1-2-3-10-18-22-15(19(21)23-18)13-24-11-6-7-14(12-24)25-16-8-4-5-9-17(16)27-20(25)26/h4-5,8-9,14H,2-3,6-7,10-13H2,1H3,(H,22,23)/t14-/m1/s1. The molecule has 1 fully saturated rings.